The molecule has 0 spiro atoms. The van der Waals surface area contributed by atoms with Crippen LogP contribution in [0.3, 0.4) is 0 Å². The number of anilines is 1. The molecule has 0 saturated heterocycles. The van der Waals surface area contributed by atoms with Crippen molar-refractivity contribution in [1.82, 2.24) is 14.8 Å². The lowest BCUT2D eigenvalue weighted by atomic mass is 9.49. The van der Waals surface area contributed by atoms with Gasteiger partial charge in [0.15, 0.2) is 5.16 Å². The summed E-state index contributed by atoms with van der Waals surface area (Å²) in [6.07, 6.45) is 9.40. The standard InChI is InChI=1S/C23H30N4O3S2/c1-3-27-18(12-23-9-14-6-15(10-23)8-16(7-14)11-23)25-26-22(27)32-13-19(28)24-20-17(4-5-31-20)21(29)30-2/h4-5,14-16H,3,6-13H2,1-2H3,(H,24,28). The summed E-state index contributed by atoms with van der Waals surface area (Å²) in [6.45, 7) is 2.92. The summed E-state index contributed by atoms with van der Waals surface area (Å²) in [5.41, 5.74) is 0.794. The molecule has 2 aromatic heterocycles. The van der Waals surface area contributed by atoms with Gasteiger partial charge in [0.05, 0.1) is 18.4 Å². The molecule has 0 aromatic carbocycles. The van der Waals surface area contributed by atoms with Crippen molar-refractivity contribution in [1.29, 1.82) is 0 Å². The minimum atomic E-state index is -0.450. The van der Waals surface area contributed by atoms with E-state index < -0.39 is 5.97 Å². The zero-order valence-electron chi connectivity index (χ0n) is 18.6. The van der Waals surface area contributed by atoms with Gasteiger partial charge in [0.1, 0.15) is 10.8 Å². The summed E-state index contributed by atoms with van der Waals surface area (Å²) < 4.78 is 6.95. The molecule has 1 N–H and O–H groups in total. The number of nitrogens with zero attached hydrogens (tertiary/aromatic N) is 3. The number of aromatic nitrogens is 3. The molecule has 4 saturated carbocycles. The van der Waals surface area contributed by atoms with Gasteiger partial charge in [0.25, 0.3) is 0 Å². The Morgan fingerprint density at radius 1 is 1.22 bits per heavy atom. The molecule has 7 nitrogen and oxygen atoms in total. The number of thioether (sulfide) groups is 1. The van der Waals surface area contributed by atoms with Gasteiger partial charge in [-0.2, -0.15) is 0 Å². The van der Waals surface area contributed by atoms with Crippen LogP contribution in [0.5, 0.6) is 0 Å². The van der Waals surface area contributed by atoms with Gasteiger partial charge in [0, 0.05) is 13.0 Å². The molecule has 32 heavy (non-hydrogen) atoms. The number of amides is 1. The van der Waals surface area contributed by atoms with Crippen LogP contribution < -0.4 is 5.32 Å². The van der Waals surface area contributed by atoms with Crippen molar-refractivity contribution in [2.45, 2.75) is 63.6 Å². The van der Waals surface area contributed by atoms with Crippen LogP contribution in [0.15, 0.2) is 16.6 Å². The lowest BCUT2D eigenvalue weighted by Gasteiger charge is -2.56. The highest BCUT2D eigenvalue weighted by molar-refractivity contribution is 7.99. The van der Waals surface area contributed by atoms with E-state index in [-0.39, 0.29) is 11.7 Å². The molecular formula is C23H30N4O3S2. The molecule has 0 aliphatic heterocycles. The Labute approximate surface area is 196 Å². The summed E-state index contributed by atoms with van der Waals surface area (Å²) in [6, 6.07) is 1.66. The number of thiophene rings is 1. The zero-order valence-corrected chi connectivity index (χ0v) is 20.3. The number of nitrogens with one attached hydrogen (secondary N) is 1. The lowest BCUT2D eigenvalue weighted by molar-refractivity contribution is -0.113. The average Bonchev–Trinajstić information content (AvgIpc) is 3.36. The molecule has 4 bridgehead atoms. The van der Waals surface area contributed by atoms with Crippen LogP contribution in [0, 0.1) is 23.2 Å². The van der Waals surface area contributed by atoms with Crippen LogP contribution >= 0.6 is 23.1 Å². The normalized spacial score (nSPS) is 28.1. The predicted molar refractivity (Wildman–Crippen MR) is 125 cm³/mol. The molecule has 4 aliphatic carbocycles. The third-order valence-electron chi connectivity index (χ3n) is 7.46. The molecule has 1 amide bonds. The third-order valence-corrected chi connectivity index (χ3v) is 9.26. The minimum Gasteiger partial charge on any atom is -0.465 e. The molecule has 9 heteroatoms. The average molecular weight is 475 g/mol. The van der Waals surface area contributed by atoms with Gasteiger partial charge in [-0.15, -0.1) is 21.5 Å². The summed E-state index contributed by atoms with van der Waals surface area (Å²) in [4.78, 5) is 24.3. The van der Waals surface area contributed by atoms with E-state index in [4.69, 9.17) is 4.74 Å². The Hall–Kier alpha value is -1.87. The third kappa shape index (κ3) is 4.21. The predicted octanol–water partition coefficient (Wildman–Crippen LogP) is 4.64. The molecular weight excluding hydrogens is 444 g/mol. The van der Waals surface area contributed by atoms with E-state index in [1.807, 2.05) is 0 Å². The van der Waals surface area contributed by atoms with Crippen molar-refractivity contribution < 1.29 is 14.3 Å². The van der Waals surface area contributed by atoms with Gasteiger partial charge in [-0.1, -0.05) is 11.8 Å². The van der Waals surface area contributed by atoms with Gasteiger partial charge in [-0.3, -0.25) is 4.79 Å². The Kier molecular flexibility index (Phi) is 6.05. The van der Waals surface area contributed by atoms with Gasteiger partial charge in [0.2, 0.25) is 5.91 Å². The molecule has 0 radical (unpaired) electrons. The highest BCUT2D eigenvalue weighted by atomic mass is 32.2. The van der Waals surface area contributed by atoms with Crippen molar-refractivity contribution in [3.8, 4) is 0 Å². The van der Waals surface area contributed by atoms with Crippen molar-refractivity contribution in [3.63, 3.8) is 0 Å². The topological polar surface area (TPSA) is 86.1 Å². The molecule has 2 heterocycles. The summed E-state index contributed by atoms with van der Waals surface area (Å²) >= 11 is 2.71. The van der Waals surface area contributed by atoms with E-state index >= 15 is 0 Å². The van der Waals surface area contributed by atoms with Gasteiger partial charge >= 0.3 is 5.97 Å². The lowest BCUT2D eigenvalue weighted by Crippen LogP contribution is -2.47. The second-order valence-electron chi connectivity index (χ2n) is 9.73. The first-order valence-electron chi connectivity index (χ1n) is 11.5. The number of methoxy groups -OCH3 is 1. The fourth-order valence-corrected chi connectivity index (χ4v) is 8.30. The Morgan fingerprint density at radius 2 is 1.91 bits per heavy atom. The van der Waals surface area contributed by atoms with Gasteiger partial charge < -0.3 is 14.6 Å². The second-order valence-corrected chi connectivity index (χ2v) is 11.6. The Bertz CT molecular complexity index is 980. The number of carbonyl (C=O) groups excluding carboxylic acids is 2. The number of hydrogen-bond acceptors (Lipinski definition) is 7. The van der Waals surface area contributed by atoms with Crippen molar-refractivity contribution in [2.24, 2.45) is 23.2 Å². The molecule has 4 aliphatic rings. The van der Waals surface area contributed by atoms with Crippen LogP contribution in [0.25, 0.3) is 0 Å². The number of ether oxygens (including phenoxy) is 1. The van der Waals surface area contributed by atoms with Gasteiger partial charge in [-0.25, -0.2) is 4.79 Å². The minimum absolute atomic E-state index is 0.170. The summed E-state index contributed by atoms with van der Waals surface area (Å²) in [7, 11) is 1.33. The van der Waals surface area contributed by atoms with Gasteiger partial charge in [-0.05, 0) is 80.1 Å². The smallest absolute Gasteiger partial charge is 0.340 e. The molecule has 4 fully saturated rings. The Balaban J connectivity index is 1.23. The van der Waals surface area contributed by atoms with Crippen LogP contribution in [0.1, 0.15) is 61.6 Å². The maximum atomic E-state index is 12.5. The van der Waals surface area contributed by atoms with Crippen LogP contribution in [-0.4, -0.2) is 39.5 Å². The monoisotopic (exact) mass is 474 g/mol. The van der Waals surface area contributed by atoms with E-state index in [1.165, 1.54) is 68.7 Å². The quantitative estimate of drug-likeness (QED) is 0.443. The number of esters is 1. The number of carbonyl (C=O) groups is 2. The maximum Gasteiger partial charge on any atom is 0.340 e. The summed E-state index contributed by atoms with van der Waals surface area (Å²) in [5, 5.41) is 14.9. The fourth-order valence-electron chi connectivity index (χ4n) is 6.69. The zero-order chi connectivity index (χ0) is 22.3. The molecule has 0 unspecified atom stereocenters. The highest BCUT2D eigenvalue weighted by Crippen LogP contribution is 2.61. The van der Waals surface area contributed by atoms with Crippen LogP contribution in [0.4, 0.5) is 5.00 Å². The molecule has 2 aromatic rings. The first-order valence-corrected chi connectivity index (χ1v) is 13.4. The fraction of sp³-hybridized carbons (Fsp3) is 0.652. The van der Waals surface area contributed by atoms with Crippen molar-refractivity contribution >= 4 is 40.0 Å². The first-order chi connectivity index (χ1) is 15.5. The van der Waals surface area contributed by atoms with Crippen molar-refractivity contribution in [2.75, 3.05) is 18.2 Å². The number of rotatable bonds is 8. The molecule has 6 rings (SSSR count). The van der Waals surface area contributed by atoms with Crippen LogP contribution in [-0.2, 0) is 22.5 Å². The summed E-state index contributed by atoms with van der Waals surface area (Å²) in [5.74, 6) is 3.43. The van der Waals surface area contributed by atoms with E-state index in [0.29, 0.717) is 16.0 Å². The first kappa shape index (κ1) is 21.9. The number of hydrogen-bond donors (Lipinski definition) is 1. The van der Waals surface area contributed by atoms with E-state index in [1.54, 1.807) is 11.4 Å². The van der Waals surface area contributed by atoms with E-state index in [2.05, 4.69) is 27.0 Å². The Morgan fingerprint density at radius 3 is 2.53 bits per heavy atom. The maximum absolute atomic E-state index is 12.5. The van der Waals surface area contributed by atoms with E-state index in [0.717, 1.165) is 41.7 Å². The molecule has 0 atom stereocenters. The largest absolute Gasteiger partial charge is 0.465 e. The highest BCUT2D eigenvalue weighted by Gasteiger charge is 2.51. The second kappa shape index (κ2) is 8.82. The molecule has 172 valence electrons. The SMILES string of the molecule is CCn1c(CC23CC4CC(CC(C4)C2)C3)nnc1SCC(=O)Nc1sccc1C(=O)OC. The van der Waals surface area contributed by atoms with Crippen LogP contribution in [0.2, 0.25) is 0 Å². The van der Waals surface area contributed by atoms with Crippen molar-refractivity contribution in [3.05, 3.63) is 22.8 Å². The van der Waals surface area contributed by atoms with E-state index in [9.17, 15) is 9.59 Å².